The molecule has 0 amide bonds. The SMILES string of the molecule is C[N+](C)(C)C.Cc1ccc(C(OB(O)OC(c2ccc(C)cc2)c2ccc(C)cc2)c2ccc(C)cc2)cc1. The van der Waals surface area contributed by atoms with Gasteiger partial charge in [0.15, 0.2) is 0 Å². The number of benzene rings is 4. The predicted molar refractivity (Wildman–Crippen MR) is 163 cm³/mol. The standard InChI is InChI=1S/C30H31BO3.C4H12N/c1-21-5-13-25(14-6-21)29(26-15-7-22(2)8-16-26)33-31(32)34-30(27-17-9-23(3)10-18-27)28-19-11-24(4)12-20-28;1-5(2,3)4/h5-20,29-30,32H,1-4H3;1-4H3/q;+1. The third-order valence-electron chi connectivity index (χ3n) is 6.03. The number of quaternary nitrogens is 1. The Morgan fingerprint density at radius 3 is 0.821 bits per heavy atom. The molecule has 1 N–H and O–H groups in total. The van der Waals surface area contributed by atoms with Crippen molar-refractivity contribution in [3.8, 4) is 0 Å². The molecule has 0 radical (unpaired) electrons. The van der Waals surface area contributed by atoms with Crippen molar-refractivity contribution >= 4 is 7.32 Å². The molecule has 0 saturated carbocycles. The third kappa shape index (κ3) is 10.1. The van der Waals surface area contributed by atoms with Crippen molar-refractivity contribution in [2.24, 2.45) is 0 Å². The van der Waals surface area contributed by atoms with E-state index in [0.29, 0.717) is 0 Å². The fourth-order valence-corrected chi connectivity index (χ4v) is 3.93. The summed E-state index contributed by atoms with van der Waals surface area (Å²) in [7, 11) is 7.07. The monoisotopic (exact) mass is 524 g/mol. The third-order valence-corrected chi connectivity index (χ3v) is 6.03. The Bertz CT molecular complexity index is 1090. The lowest BCUT2D eigenvalue weighted by molar-refractivity contribution is -0.849. The fourth-order valence-electron chi connectivity index (χ4n) is 3.93. The smallest absolute Gasteiger partial charge is 0.402 e. The summed E-state index contributed by atoms with van der Waals surface area (Å²) >= 11 is 0. The van der Waals surface area contributed by atoms with E-state index in [9.17, 15) is 5.02 Å². The van der Waals surface area contributed by atoms with Gasteiger partial charge in [0, 0.05) is 0 Å². The van der Waals surface area contributed by atoms with E-state index in [-0.39, 0.29) is 0 Å². The second kappa shape index (κ2) is 13.7. The van der Waals surface area contributed by atoms with Gasteiger partial charge < -0.3 is 18.8 Å². The Balaban J connectivity index is 0.000000771. The average molecular weight is 525 g/mol. The van der Waals surface area contributed by atoms with E-state index in [1.54, 1.807) is 0 Å². The van der Waals surface area contributed by atoms with Gasteiger partial charge in [-0.2, -0.15) is 0 Å². The normalized spacial score (nSPS) is 11.4. The molecule has 0 fully saturated rings. The summed E-state index contributed by atoms with van der Waals surface area (Å²) in [6.45, 7) is 8.21. The van der Waals surface area contributed by atoms with Crippen LogP contribution in [0.4, 0.5) is 0 Å². The van der Waals surface area contributed by atoms with Crippen molar-refractivity contribution < 1.29 is 18.8 Å². The zero-order valence-electron chi connectivity index (χ0n) is 24.7. The number of hydrogen-bond donors (Lipinski definition) is 1. The van der Waals surface area contributed by atoms with Gasteiger partial charge in [-0.1, -0.05) is 119 Å². The first-order chi connectivity index (χ1) is 18.4. The van der Waals surface area contributed by atoms with Gasteiger partial charge in [-0.05, 0) is 49.9 Å². The average Bonchev–Trinajstić information content (AvgIpc) is 2.87. The van der Waals surface area contributed by atoms with Crippen LogP contribution in [0.2, 0.25) is 0 Å². The summed E-state index contributed by atoms with van der Waals surface area (Å²) in [5.74, 6) is 0. The molecule has 39 heavy (non-hydrogen) atoms. The quantitative estimate of drug-likeness (QED) is 0.197. The summed E-state index contributed by atoms with van der Waals surface area (Å²) in [6.07, 6.45) is -0.930. The van der Waals surface area contributed by atoms with Crippen molar-refractivity contribution in [2.75, 3.05) is 28.2 Å². The highest BCUT2D eigenvalue weighted by molar-refractivity contribution is 6.34. The summed E-state index contributed by atoms with van der Waals surface area (Å²) in [6, 6.07) is 32.7. The van der Waals surface area contributed by atoms with Crippen LogP contribution in [0.1, 0.15) is 56.7 Å². The Morgan fingerprint density at radius 1 is 0.462 bits per heavy atom. The van der Waals surface area contributed by atoms with E-state index in [4.69, 9.17) is 9.31 Å². The van der Waals surface area contributed by atoms with Crippen LogP contribution < -0.4 is 0 Å². The van der Waals surface area contributed by atoms with Crippen LogP contribution in [0, 0.1) is 27.7 Å². The molecule has 204 valence electrons. The van der Waals surface area contributed by atoms with Crippen molar-refractivity contribution in [3.63, 3.8) is 0 Å². The summed E-state index contributed by atoms with van der Waals surface area (Å²) in [5, 5.41) is 11.0. The Labute approximate surface area is 235 Å². The Morgan fingerprint density at radius 2 is 0.641 bits per heavy atom. The maximum absolute atomic E-state index is 11.0. The molecule has 4 rings (SSSR count). The van der Waals surface area contributed by atoms with Gasteiger partial charge in [0.05, 0.1) is 40.4 Å². The van der Waals surface area contributed by atoms with Crippen molar-refractivity contribution in [1.82, 2.24) is 0 Å². The van der Waals surface area contributed by atoms with E-state index in [2.05, 4.69) is 104 Å². The first-order valence-corrected chi connectivity index (χ1v) is 13.4. The molecule has 0 aliphatic rings. The number of nitrogens with zero attached hydrogens (tertiary/aromatic N) is 1. The van der Waals surface area contributed by atoms with Crippen LogP contribution in [-0.2, 0) is 9.31 Å². The van der Waals surface area contributed by atoms with Gasteiger partial charge in [-0.3, -0.25) is 0 Å². The van der Waals surface area contributed by atoms with Crippen LogP contribution in [0.15, 0.2) is 97.1 Å². The molecular formula is C34H43BNO3+. The van der Waals surface area contributed by atoms with E-state index < -0.39 is 19.5 Å². The molecule has 0 bridgehead atoms. The van der Waals surface area contributed by atoms with E-state index in [0.717, 1.165) is 26.7 Å². The van der Waals surface area contributed by atoms with Gasteiger partial charge in [0.1, 0.15) is 0 Å². The molecule has 4 nitrogen and oxygen atoms in total. The second-order valence-electron chi connectivity index (χ2n) is 11.7. The van der Waals surface area contributed by atoms with Gasteiger partial charge in [0.25, 0.3) is 0 Å². The number of hydrogen-bond acceptors (Lipinski definition) is 3. The minimum Gasteiger partial charge on any atom is -0.402 e. The number of aryl methyl sites for hydroxylation is 4. The molecule has 0 aliphatic heterocycles. The molecule has 0 heterocycles. The van der Waals surface area contributed by atoms with Gasteiger partial charge in [-0.15, -0.1) is 0 Å². The summed E-state index contributed by atoms with van der Waals surface area (Å²) in [4.78, 5) is 0. The molecule has 0 aliphatic carbocycles. The lowest BCUT2D eigenvalue weighted by Crippen LogP contribution is -2.28. The molecule has 0 unspecified atom stereocenters. The Kier molecular flexibility index (Phi) is 10.7. The van der Waals surface area contributed by atoms with Crippen LogP contribution in [-0.4, -0.2) is 45.0 Å². The summed E-state index contributed by atoms with van der Waals surface area (Å²) in [5.41, 5.74) is 8.50. The lowest BCUT2D eigenvalue weighted by atomic mass is 9.96. The molecule has 4 aromatic carbocycles. The van der Waals surface area contributed by atoms with Crippen molar-refractivity contribution in [1.29, 1.82) is 0 Å². The minimum atomic E-state index is -1.43. The molecule has 5 heteroatoms. The molecule has 0 saturated heterocycles. The lowest BCUT2D eigenvalue weighted by Gasteiger charge is -2.25. The zero-order valence-corrected chi connectivity index (χ0v) is 24.7. The highest BCUT2D eigenvalue weighted by atomic mass is 16.7. The summed E-state index contributed by atoms with van der Waals surface area (Å²) < 4.78 is 13.3. The van der Waals surface area contributed by atoms with Crippen molar-refractivity contribution in [2.45, 2.75) is 39.9 Å². The highest BCUT2D eigenvalue weighted by Gasteiger charge is 2.29. The van der Waals surface area contributed by atoms with Crippen molar-refractivity contribution in [3.05, 3.63) is 142 Å². The predicted octanol–water partition coefficient (Wildman–Crippen LogP) is 7.13. The molecule has 0 aromatic heterocycles. The molecule has 0 atom stereocenters. The number of rotatable bonds is 8. The zero-order chi connectivity index (χ0) is 28.6. The molecule has 0 spiro atoms. The maximum Gasteiger partial charge on any atom is 0.638 e. The van der Waals surface area contributed by atoms with Gasteiger partial charge in [0.2, 0.25) is 0 Å². The van der Waals surface area contributed by atoms with Crippen LogP contribution in [0.25, 0.3) is 0 Å². The maximum atomic E-state index is 11.0. The van der Waals surface area contributed by atoms with Gasteiger partial charge in [-0.25, -0.2) is 0 Å². The van der Waals surface area contributed by atoms with Crippen LogP contribution in [0.5, 0.6) is 0 Å². The minimum absolute atomic E-state index is 0.465. The second-order valence-corrected chi connectivity index (χ2v) is 11.7. The first-order valence-electron chi connectivity index (χ1n) is 13.4. The molecular weight excluding hydrogens is 481 g/mol. The van der Waals surface area contributed by atoms with E-state index in [1.807, 2.05) is 48.5 Å². The van der Waals surface area contributed by atoms with Crippen LogP contribution in [0.3, 0.4) is 0 Å². The first kappa shape index (κ1) is 30.3. The van der Waals surface area contributed by atoms with E-state index >= 15 is 0 Å². The molecule has 4 aromatic rings. The highest BCUT2D eigenvalue weighted by Crippen LogP contribution is 2.31. The van der Waals surface area contributed by atoms with E-state index in [1.165, 1.54) is 22.3 Å². The topological polar surface area (TPSA) is 38.7 Å². The Hall–Kier alpha value is -3.22. The van der Waals surface area contributed by atoms with Crippen LogP contribution >= 0.6 is 0 Å². The fraction of sp³-hybridized carbons (Fsp3) is 0.294. The van der Waals surface area contributed by atoms with Gasteiger partial charge >= 0.3 is 7.32 Å². The largest absolute Gasteiger partial charge is 0.638 e.